The van der Waals surface area contributed by atoms with Crippen LogP contribution in [0.25, 0.3) is 0 Å². The van der Waals surface area contributed by atoms with Crippen LogP contribution in [-0.4, -0.2) is 29.3 Å². The van der Waals surface area contributed by atoms with Crippen LogP contribution in [0.15, 0.2) is 0 Å². The molecule has 5 nitrogen and oxygen atoms in total. The lowest BCUT2D eigenvalue weighted by Gasteiger charge is -2.33. The third-order valence-corrected chi connectivity index (χ3v) is 4.15. The third kappa shape index (κ3) is 7.71. The number of hydrogen-bond donors (Lipinski definition) is 2. The summed E-state index contributed by atoms with van der Waals surface area (Å²) < 4.78 is 5.24. The summed E-state index contributed by atoms with van der Waals surface area (Å²) in [5.74, 6) is -0.337. The number of hydrogen-bond acceptors (Lipinski definition) is 3. The van der Waals surface area contributed by atoms with Gasteiger partial charge in [0.15, 0.2) is 0 Å². The van der Waals surface area contributed by atoms with E-state index >= 15 is 0 Å². The number of nitrogens with one attached hydrogen (secondary N) is 1. The van der Waals surface area contributed by atoms with Gasteiger partial charge in [-0.1, -0.05) is 33.6 Å². The molecule has 23 heavy (non-hydrogen) atoms. The van der Waals surface area contributed by atoms with Crippen molar-refractivity contribution in [1.82, 2.24) is 5.32 Å². The first-order chi connectivity index (χ1) is 10.3. The van der Waals surface area contributed by atoms with E-state index in [1.165, 1.54) is 0 Å². The molecule has 1 atom stereocenters. The molecule has 0 spiro atoms. The van der Waals surface area contributed by atoms with Crippen molar-refractivity contribution in [1.29, 1.82) is 0 Å². The fraction of sp³-hybridized carbons (Fsp3) is 0.889. The largest absolute Gasteiger partial charge is 0.481 e. The maximum absolute atomic E-state index is 12.0. The Bertz CT molecular complexity index is 429. The average molecular weight is 327 g/mol. The van der Waals surface area contributed by atoms with Crippen molar-refractivity contribution in [3.63, 3.8) is 0 Å². The van der Waals surface area contributed by atoms with Crippen LogP contribution in [0.3, 0.4) is 0 Å². The lowest BCUT2D eigenvalue weighted by atomic mass is 9.74. The molecule has 5 heteroatoms. The van der Waals surface area contributed by atoms with Crippen molar-refractivity contribution in [2.45, 2.75) is 79.2 Å². The molecule has 0 aromatic rings. The highest BCUT2D eigenvalue weighted by Crippen LogP contribution is 2.44. The van der Waals surface area contributed by atoms with Gasteiger partial charge >= 0.3 is 12.1 Å². The SMILES string of the molecule is CC(C)(C)CCC(CNC(=O)OC(C)(C)C)(CC1CC1)C(=O)O. The number of ether oxygens (including phenoxy) is 1. The van der Waals surface area contributed by atoms with Crippen LogP contribution in [-0.2, 0) is 9.53 Å². The van der Waals surface area contributed by atoms with Gasteiger partial charge in [0.1, 0.15) is 5.60 Å². The first-order valence-corrected chi connectivity index (χ1v) is 8.53. The molecule has 0 bridgehead atoms. The summed E-state index contributed by atoms with van der Waals surface area (Å²) in [6.45, 7) is 11.8. The maximum atomic E-state index is 12.0. The zero-order chi connectivity index (χ0) is 17.9. The Morgan fingerprint density at radius 1 is 1.09 bits per heavy atom. The minimum atomic E-state index is -0.897. The van der Waals surface area contributed by atoms with Crippen LogP contribution in [0.4, 0.5) is 4.79 Å². The summed E-state index contributed by atoms with van der Waals surface area (Å²) >= 11 is 0. The van der Waals surface area contributed by atoms with E-state index in [0.29, 0.717) is 18.8 Å². The fourth-order valence-electron chi connectivity index (χ4n) is 2.58. The van der Waals surface area contributed by atoms with Crippen LogP contribution < -0.4 is 5.32 Å². The molecule has 2 N–H and O–H groups in total. The first kappa shape index (κ1) is 19.8. The minimum absolute atomic E-state index is 0.0656. The molecular weight excluding hydrogens is 294 g/mol. The van der Waals surface area contributed by atoms with Crippen molar-refractivity contribution >= 4 is 12.1 Å². The number of amides is 1. The van der Waals surface area contributed by atoms with E-state index in [-0.39, 0.29) is 12.0 Å². The average Bonchev–Trinajstić information content (AvgIpc) is 3.13. The highest BCUT2D eigenvalue weighted by molar-refractivity contribution is 5.76. The molecule has 1 unspecified atom stereocenters. The second kappa shape index (κ2) is 7.10. The molecule has 1 fully saturated rings. The molecule has 0 aromatic carbocycles. The summed E-state index contributed by atoms with van der Waals surface area (Å²) in [4.78, 5) is 23.9. The molecule has 134 valence electrons. The van der Waals surface area contributed by atoms with Crippen molar-refractivity contribution in [3.05, 3.63) is 0 Å². The van der Waals surface area contributed by atoms with E-state index < -0.39 is 23.1 Å². The van der Waals surface area contributed by atoms with Crippen molar-refractivity contribution in [3.8, 4) is 0 Å². The van der Waals surface area contributed by atoms with Gasteiger partial charge in [0.25, 0.3) is 0 Å². The summed E-state index contributed by atoms with van der Waals surface area (Å²) in [6, 6.07) is 0. The second-order valence-electron chi connectivity index (χ2n) is 9.15. The lowest BCUT2D eigenvalue weighted by Crippen LogP contribution is -2.45. The van der Waals surface area contributed by atoms with Crippen LogP contribution in [0.1, 0.15) is 73.6 Å². The second-order valence-corrected chi connectivity index (χ2v) is 9.15. The molecule has 1 amide bonds. The van der Waals surface area contributed by atoms with E-state index in [1.807, 2.05) is 0 Å². The quantitative estimate of drug-likeness (QED) is 0.734. The molecule has 0 aliphatic heterocycles. The zero-order valence-electron chi connectivity index (χ0n) is 15.5. The van der Waals surface area contributed by atoms with Crippen LogP contribution in [0, 0.1) is 16.7 Å². The van der Waals surface area contributed by atoms with E-state index in [2.05, 4.69) is 26.1 Å². The van der Waals surface area contributed by atoms with E-state index in [9.17, 15) is 14.7 Å². The van der Waals surface area contributed by atoms with Crippen LogP contribution >= 0.6 is 0 Å². The number of carboxylic acids is 1. The Labute approximate surface area is 140 Å². The van der Waals surface area contributed by atoms with Crippen molar-refractivity contribution in [2.24, 2.45) is 16.7 Å². The molecule has 1 aliphatic rings. The predicted octanol–water partition coefficient (Wildman–Crippen LogP) is 4.21. The Morgan fingerprint density at radius 2 is 1.65 bits per heavy atom. The predicted molar refractivity (Wildman–Crippen MR) is 90.3 cm³/mol. The van der Waals surface area contributed by atoms with Crippen molar-refractivity contribution < 1.29 is 19.4 Å². The molecule has 0 heterocycles. The molecule has 1 aliphatic carbocycles. The Hall–Kier alpha value is -1.26. The smallest absolute Gasteiger partial charge is 0.407 e. The van der Waals surface area contributed by atoms with Gasteiger partial charge in [-0.15, -0.1) is 0 Å². The van der Waals surface area contributed by atoms with Gasteiger partial charge in [-0.2, -0.15) is 0 Å². The Balaban J connectivity index is 2.76. The number of carbonyl (C=O) groups excluding carboxylic acids is 1. The molecule has 0 aromatic heterocycles. The molecule has 1 rings (SSSR count). The lowest BCUT2D eigenvalue weighted by molar-refractivity contribution is -0.150. The van der Waals surface area contributed by atoms with Crippen LogP contribution in [0.5, 0.6) is 0 Å². The van der Waals surface area contributed by atoms with E-state index in [1.54, 1.807) is 20.8 Å². The maximum Gasteiger partial charge on any atom is 0.407 e. The van der Waals surface area contributed by atoms with Gasteiger partial charge < -0.3 is 15.2 Å². The van der Waals surface area contributed by atoms with Crippen molar-refractivity contribution in [2.75, 3.05) is 6.54 Å². The first-order valence-electron chi connectivity index (χ1n) is 8.53. The number of rotatable bonds is 7. The summed E-state index contributed by atoms with van der Waals surface area (Å²) in [5, 5.41) is 12.5. The number of aliphatic carboxylic acids is 1. The standard InChI is InChI=1S/C18H33NO4/c1-16(2,3)9-10-18(14(20)21,11-13-7-8-13)12-19-15(22)23-17(4,5)6/h13H,7-12H2,1-6H3,(H,19,22)(H,20,21). The molecule has 0 saturated heterocycles. The van der Waals surface area contributed by atoms with E-state index in [0.717, 1.165) is 19.3 Å². The minimum Gasteiger partial charge on any atom is -0.481 e. The number of alkyl carbamates (subject to hydrolysis) is 1. The monoisotopic (exact) mass is 327 g/mol. The number of carbonyl (C=O) groups is 2. The molecule has 0 radical (unpaired) electrons. The van der Waals surface area contributed by atoms with Gasteiger partial charge in [0.05, 0.1) is 5.41 Å². The Kier molecular flexibility index (Phi) is 6.11. The summed E-state index contributed by atoms with van der Waals surface area (Å²) in [5.41, 5.74) is -1.42. The molecule has 1 saturated carbocycles. The van der Waals surface area contributed by atoms with Gasteiger partial charge in [-0.25, -0.2) is 4.79 Å². The summed E-state index contributed by atoms with van der Waals surface area (Å²) in [7, 11) is 0. The van der Waals surface area contributed by atoms with Gasteiger partial charge in [0, 0.05) is 6.54 Å². The van der Waals surface area contributed by atoms with Gasteiger partial charge in [-0.05, 0) is 51.4 Å². The highest BCUT2D eigenvalue weighted by atomic mass is 16.6. The highest BCUT2D eigenvalue weighted by Gasteiger charge is 2.44. The normalized spacial score (nSPS) is 18.2. The van der Waals surface area contributed by atoms with Gasteiger partial charge in [0.2, 0.25) is 0 Å². The number of carboxylic acid groups (broad SMARTS) is 1. The third-order valence-electron chi connectivity index (χ3n) is 4.15. The Morgan fingerprint density at radius 3 is 2.04 bits per heavy atom. The van der Waals surface area contributed by atoms with E-state index in [4.69, 9.17) is 4.74 Å². The zero-order valence-corrected chi connectivity index (χ0v) is 15.5. The fourth-order valence-corrected chi connectivity index (χ4v) is 2.58. The van der Waals surface area contributed by atoms with Gasteiger partial charge in [-0.3, -0.25) is 4.79 Å². The topological polar surface area (TPSA) is 75.6 Å². The summed E-state index contributed by atoms with van der Waals surface area (Å²) in [6.07, 6.45) is 3.65. The molecular formula is C18H33NO4. The van der Waals surface area contributed by atoms with Crippen LogP contribution in [0.2, 0.25) is 0 Å².